The fourth-order valence-corrected chi connectivity index (χ4v) is 7.41. The van der Waals surface area contributed by atoms with E-state index in [4.69, 9.17) is 9.73 Å². The van der Waals surface area contributed by atoms with Crippen LogP contribution in [0.2, 0.25) is 0 Å². The van der Waals surface area contributed by atoms with Gasteiger partial charge in [0.15, 0.2) is 11.7 Å². The van der Waals surface area contributed by atoms with Crippen molar-refractivity contribution in [3.05, 3.63) is 41.2 Å². The lowest BCUT2D eigenvalue weighted by molar-refractivity contribution is -0.134. The number of carbonyl (C=O) groups excluding carboxylic acids is 2. The fraction of sp³-hybridized carbons (Fsp3) is 0.714. The standard InChI is InChI=1S/C35H54N8O3/c1-8-9-27-23-46-21-20-42(27)30-32(45)43(35(37-30)18-14-26(15-19-35)34(5,6)7)28(16-17-33(2,3)4)24-10-12-25(13-11-24)31(44)36-22-29-38-40-41-39-29/h10-13,26-28H,8-9,14-23H2,1-7H3,(H,36,44)(H,38,39,40,41)/t26?,27?,28-,35?/m1/s1. The first-order valence-electron chi connectivity index (χ1n) is 17.2. The summed E-state index contributed by atoms with van der Waals surface area (Å²) in [5, 5.41) is 16.6. The number of morpholine rings is 1. The zero-order chi connectivity index (χ0) is 33.1. The van der Waals surface area contributed by atoms with Crippen LogP contribution in [0, 0.1) is 16.7 Å². The average molecular weight is 635 g/mol. The summed E-state index contributed by atoms with van der Waals surface area (Å²) in [5.41, 5.74) is 1.31. The SMILES string of the molecule is CCCC1COCCN1C1=NC2(CCC(C(C)(C)C)CC2)N([C@H](CCC(C)(C)C)c2ccc(C(=O)NCc3nn[nH]n3)cc2)C1=O. The first-order chi connectivity index (χ1) is 21.8. The molecule has 3 aliphatic rings. The minimum absolute atomic E-state index is 0.0399. The quantitative estimate of drug-likeness (QED) is 0.364. The molecule has 1 saturated heterocycles. The number of nitrogens with zero attached hydrogens (tertiary/aromatic N) is 6. The summed E-state index contributed by atoms with van der Waals surface area (Å²) in [6, 6.07) is 7.74. The molecule has 1 aromatic carbocycles. The van der Waals surface area contributed by atoms with Crippen LogP contribution in [0.3, 0.4) is 0 Å². The van der Waals surface area contributed by atoms with E-state index < -0.39 is 5.66 Å². The van der Waals surface area contributed by atoms with Gasteiger partial charge in [0, 0.05) is 12.1 Å². The van der Waals surface area contributed by atoms with Gasteiger partial charge in [-0.25, -0.2) is 4.99 Å². The van der Waals surface area contributed by atoms with E-state index in [2.05, 4.69) is 84.2 Å². The number of aromatic nitrogens is 4. The third-order valence-corrected chi connectivity index (χ3v) is 10.1. The van der Waals surface area contributed by atoms with Gasteiger partial charge in [-0.3, -0.25) is 9.59 Å². The molecule has 2 N–H and O–H groups in total. The van der Waals surface area contributed by atoms with Gasteiger partial charge in [-0.15, -0.1) is 10.2 Å². The van der Waals surface area contributed by atoms with E-state index in [1.165, 1.54) is 0 Å². The van der Waals surface area contributed by atoms with Gasteiger partial charge in [-0.1, -0.05) is 72.2 Å². The van der Waals surface area contributed by atoms with Crippen LogP contribution in [-0.4, -0.2) is 79.5 Å². The minimum Gasteiger partial charge on any atom is -0.377 e. The van der Waals surface area contributed by atoms with Crippen molar-refractivity contribution in [1.82, 2.24) is 35.7 Å². The number of H-pyrrole nitrogens is 1. The number of nitrogens with one attached hydrogen (secondary N) is 2. The Bertz CT molecular complexity index is 1350. The van der Waals surface area contributed by atoms with Gasteiger partial charge >= 0.3 is 0 Å². The number of aliphatic imine (C=N–C) groups is 1. The molecular weight excluding hydrogens is 580 g/mol. The molecule has 2 fully saturated rings. The molecule has 1 aromatic heterocycles. The molecule has 2 aliphatic heterocycles. The number of amidine groups is 1. The van der Waals surface area contributed by atoms with E-state index in [-0.39, 0.29) is 41.3 Å². The Labute approximate surface area is 274 Å². The number of amides is 2. The Morgan fingerprint density at radius 1 is 1.13 bits per heavy atom. The zero-order valence-electron chi connectivity index (χ0n) is 28.9. The first kappa shape index (κ1) is 34.0. The highest BCUT2D eigenvalue weighted by Gasteiger charge is 2.54. The van der Waals surface area contributed by atoms with Gasteiger partial charge in [0.1, 0.15) is 5.66 Å². The van der Waals surface area contributed by atoms with Crippen molar-refractivity contribution in [3.8, 4) is 0 Å². The Kier molecular flexibility index (Phi) is 10.2. The molecule has 2 amide bonds. The number of carbonyl (C=O) groups is 2. The van der Waals surface area contributed by atoms with Crippen LogP contribution >= 0.6 is 0 Å². The molecule has 1 saturated carbocycles. The predicted molar refractivity (Wildman–Crippen MR) is 178 cm³/mol. The summed E-state index contributed by atoms with van der Waals surface area (Å²) >= 11 is 0. The molecule has 5 rings (SSSR count). The summed E-state index contributed by atoms with van der Waals surface area (Å²) < 4.78 is 5.87. The second-order valence-electron chi connectivity index (χ2n) is 15.7. The lowest BCUT2D eigenvalue weighted by Gasteiger charge is -2.47. The number of benzene rings is 1. The fourth-order valence-electron chi connectivity index (χ4n) is 7.41. The van der Waals surface area contributed by atoms with Crippen molar-refractivity contribution in [2.24, 2.45) is 21.7 Å². The normalized spacial score (nSPS) is 24.8. The summed E-state index contributed by atoms with van der Waals surface area (Å²) in [6.07, 6.45) is 7.54. The maximum atomic E-state index is 14.8. The number of rotatable bonds is 9. The summed E-state index contributed by atoms with van der Waals surface area (Å²) in [6.45, 7) is 18.0. The molecule has 2 aromatic rings. The lowest BCUT2D eigenvalue weighted by Crippen LogP contribution is -2.54. The second kappa shape index (κ2) is 13.8. The third-order valence-electron chi connectivity index (χ3n) is 10.1. The van der Waals surface area contributed by atoms with Gasteiger partial charge in [0.2, 0.25) is 0 Å². The highest BCUT2D eigenvalue weighted by atomic mass is 16.5. The van der Waals surface area contributed by atoms with E-state index in [9.17, 15) is 9.59 Å². The van der Waals surface area contributed by atoms with Crippen LogP contribution in [0.15, 0.2) is 29.3 Å². The predicted octanol–water partition coefficient (Wildman–Crippen LogP) is 5.67. The Hall–Kier alpha value is -3.34. The summed E-state index contributed by atoms with van der Waals surface area (Å²) in [4.78, 5) is 37.7. The average Bonchev–Trinajstić information content (AvgIpc) is 3.63. The molecule has 1 spiro atoms. The van der Waals surface area contributed by atoms with Gasteiger partial charge < -0.3 is 19.9 Å². The van der Waals surface area contributed by atoms with E-state index in [0.29, 0.717) is 42.9 Å². The first-order valence-corrected chi connectivity index (χ1v) is 17.2. The molecule has 252 valence electrons. The second-order valence-corrected chi connectivity index (χ2v) is 15.7. The smallest absolute Gasteiger partial charge is 0.291 e. The third kappa shape index (κ3) is 7.61. The zero-order valence-corrected chi connectivity index (χ0v) is 28.9. The monoisotopic (exact) mass is 634 g/mol. The van der Waals surface area contributed by atoms with Crippen LogP contribution < -0.4 is 5.32 Å². The maximum absolute atomic E-state index is 14.8. The molecule has 11 heteroatoms. The van der Waals surface area contributed by atoms with Crippen molar-refractivity contribution in [2.45, 2.75) is 124 Å². The topological polar surface area (TPSA) is 129 Å². The molecule has 3 heterocycles. The largest absolute Gasteiger partial charge is 0.377 e. The molecule has 11 nitrogen and oxygen atoms in total. The molecule has 0 bridgehead atoms. The number of hydrogen-bond donors (Lipinski definition) is 2. The van der Waals surface area contributed by atoms with Crippen molar-refractivity contribution < 1.29 is 14.3 Å². The Morgan fingerprint density at radius 3 is 2.46 bits per heavy atom. The number of hydrogen-bond acceptors (Lipinski definition) is 8. The molecule has 1 unspecified atom stereocenters. The van der Waals surface area contributed by atoms with Crippen molar-refractivity contribution in [3.63, 3.8) is 0 Å². The number of ether oxygens (including phenoxy) is 1. The van der Waals surface area contributed by atoms with E-state index in [1.54, 1.807) is 0 Å². The van der Waals surface area contributed by atoms with Crippen LogP contribution in [-0.2, 0) is 16.1 Å². The Morgan fingerprint density at radius 2 is 1.85 bits per heavy atom. The van der Waals surface area contributed by atoms with Gasteiger partial charge in [-0.2, -0.15) is 5.21 Å². The van der Waals surface area contributed by atoms with Crippen molar-refractivity contribution in [1.29, 1.82) is 0 Å². The molecular formula is C35H54N8O3. The van der Waals surface area contributed by atoms with E-state index in [0.717, 1.165) is 56.9 Å². The van der Waals surface area contributed by atoms with Gasteiger partial charge in [-0.05, 0) is 79.4 Å². The number of tetrazole rings is 1. The molecule has 46 heavy (non-hydrogen) atoms. The van der Waals surface area contributed by atoms with Crippen LogP contribution in [0.25, 0.3) is 0 Å². The lowest BCUT2D eigenvalue weighted by atomic mass is 9.69. The maximum Gasteiger partial charge on any atom is 0.291 e. The van der Waals surface area contributed by atoms with Crippen molar-refractivity contribution in [2.75, 3.05) is 19.8 Å². The van der Waals surface area contributed by atoms with Crippen LogP contribution in [0.4, 0.5) is 0 Å². The summed E-state index contributed by atoms with van der Waals surface area (Å²) in [5.74, 6) is 1.45. The highest BCUT2D eigenvalue weighted by molar-refractivity contribution is 6.39. The molecule has 0 radical (unpaired) electrons. The minimum atomic E-state index is -0.577. The Balaban J connectivity index is 1.48. The number of aromatic amines is 1. The van der Waals surface area contributed by atoms with Crippen LogP contribution in [0.5, 0.6) is 0 Å². The molecule has 1 aliphatic carbocycles. The van der Waals surface area contributed by atoms with E-state index >= 15 is 0 Å². The molecule has 2 atom stereocenters. The van der Waals surface area contributed by atoms with E-state index in [1.807, 2.05) is 24.3 Å². The van der Waals surface area contributed by atoms with Crippen molar-refractivity contribution >= 4 is 17.6 Å². The van der Waals surface area contributed by atoms with Gasteiger partial charge in [0.25, 0.3) is 11.8 Å². The van der Waals surface area contributed by atoms with Crippen LogP contribution in [0.1, 0.15) is 128 Å². The van der Waals surface area contributed by atoms with Gasteiger partial charge in [0.05, 0.1) is 31.8 Å². The summed E-state index contributed by atoms with van der Waals surface area (Å²) in [7, 11) is 0. The highest BCUT2D eigenvalue weighted by Crippen LogP contribution is 2.50.